The van der Waals surface area contributed by atoms with Crippen molar-refractivity contribution < 1.29 is 9.47 Å². The molecular formula is C9H15NO2. The maximum absolute atomic E-state index is 5.83. The van der Waals surface area contributed by atoms with E-state index in [1.165, 1.54) is 0 Å². The number of terminal acetylenes is 1. The van der Waals surface area contributed by atoms with Crippen LogP contribution in [-0.4, -0.2) is 32.0 Å². The van der Waals surface area contributed by atoms with Gasteiger partial charge in [-0.15, -0.1) is 12.3 Å². The third-order valence-corrected chi connectivity index (χ3v) is 1.94. The van der Waals surface area contributed by atoms with Crippen LogP contribution in [0.15, 0.2) is 0 Å². The lowest BCUT2D eigenvalue weighted by Gasteiger charge is -2.27. The highest BCUT2D eigenvalue weighted by molar-refractivity contribution is 4.87. The van der Waals surface area contributed by atoms with Gasteiger partial charge in [-0.05, 0) is 6.42 Å². The van der Waals surface area contributed by atoms with Crippen molar-refractivity contribution in [2.45, 2.75) is 25.0 Å². The number of hydrogen-bond donors (Lipinski definition) is 1. The molecule has 0 radical (unpaired) electrons. The van der Waals surface area contributed by atoms with E-state index in [-0.39, 0.29) is 12.1 Å². The second-order valence-corrected chi connectivity index (χ2v) is 2.89. The first-order valence-electron chi connectivity index (χ1n) is 4.23. The third-order valence-electron chi connectivity index (χ3n) is 1.94. The zero-order chi connectivity index (χ0) is 8.81. The van der Waals surface area contributed by atoms with Crippen molar-refractivity contribution in [3.63, 3.8) is 0 Å². The highest BCUT2D eigenvalue weighted by Gasteiger charge is 2.20. The number of hydrogen-bond acceptors (Lipinski definition) is 3. The molecule has 0 aromatic rings. The van der Waals surface area contributed by atoms with Crippen molar-refractivity contribution in [3.05, 3.63) is 0 Å². The SMILES string of the molecule is C#CCCC(N)C1COCCO1. The Morgan fingerprint density at radius 2 is 2.42 bits per heavy atom. The van der Waals surface area contributed by atoms with Crippen LogP contribution in [0.4, 0.5) is 0 Å². The molecule has 0 aromatic heterocycles. The molecule has 12 heavy (non-hydrogen) atoms. The topological polar surface area (TPSA) is 44.5 Å². The largest absolute Gasteiger partial charge is 0.376 e. The van der Waals surface area contributed by atoms with E-state index in [1.807, 2.05) is 0 Å². The summed E-state index contributed by atoms with van der Waals surface area (Å²) in [4.78, 5) is 0. The summed E-state index contributed by atoms with van der Waals surface area (Å²) in [7, 11) is 0. The predicted octanol–water partition coefficient (Wildman–Crippen LogP) is 0.142. The average molecular weight is 169 g/mol. The van der Waals surface area contributed by atoms with Gasteiger partial charge >= 0.3 is 0 Å². The molecule has 1 rings (SSSR count). The molecule has 0 aliphatic carbocycles. The van der Waals surface area contributed by atoms with E-state index in [0.717, 1.165) is 6.42 Å². The number of nitrogens with two attached hydrogens (primary N) is 1. The molecule has 0 spiro atoms. The highest BCUT2D eigenvalue weighted by Crippen LogP contribution is 2.08. The second kappa shape index (κ2) is 5.15. The lowest BCUT2D eigenvalue weighted by Crippen LogP contribution is -2.43. The van der Waals surface area contributed by atoms with Crippen LogP contribution in [0.3, 0.4) is 0 Å². The van der Waals surface area contributed by atoms with Gasteiger partial charge in [-0.2, -0.15) is 0 Å². The first kappa shape index (κ1) is 9.53. The predicted molar refractivity (Wildman–Crippen MR) is 46.6 cm³/mol. The van der Waals surface area contributed by atoms with Crippen LogP contribution < -0.4 is 5.73 Å². The van der Waals surface area contributed by atoms with E-state index in [0.29, 0.717) is 26.2 Å². The summed E-state index contributed by atoms with van der Waals surface area (Å²) in [6.07, 6.45) is 6.68. The summed E-state index contributed by atoms with van der Waals surface area (Å²) >= 11 is 0. The zero-order valence-corrected chi connectivity index (χ0v) is 7.16. The summed E-state index contributed by atoms with van der Waals surface area (Å²) < 4.78 is 10.6. The van der Waals surface area contributed by atoms with Crippen molar-refractivity contribution in [2.75, 3.05) is 19.8 Å². The molecule has 0 amide bonds. The maximum atomic E-state index is 5.83. The Morgan fingerprint density at radius 1 is 1.58 bits per heavy atom. The van der Waals surface area contributed by atoms with E-state index in [9.17, 15) is 0 Å². The van der Waals surface area contributed by atoms with E-state index in [2.05, 4.69) is 5.92 Å². The zero-order valence-electron chi connectivity index (χ0n) is 7.16. The molecule has 1 aliphatic heterocycles. The monoisotopic (exact) mass is 169 g/mol. The standard InChI is InChI=1S/C9H15NO2/c1-2-3-4-8(10)9-7-11-5-6-12-9/h1,8-9H,3-7,10H2. The van der Waals surface area contributed by atoms with E-state index in [1.54, 1.807) is 0 Å². The molecule has 2 unspecified atom stereocenters. The van der Waals surface area contributed by atoms with Gasteiger partial charge in [-0.25, -0.2) is 0 Å². The molecule has 3 heteroatoms. The quantitative estimate of drug-likeness (QED) is 0.611. The molecule has 68 valence electrons. The molecule has 1 saturated heterocycles. The minimum atomic E-state index is 0.0151. The molecule has 0 saturated carbocycles. The van der Waals surface area contributed by atoms with E-state index >= 15 is 0 Å². The molecular weight excluding hydrogens is 154 g/mol. The third kappa shape index (κ3) is 2.82. The summed E-state index contributed by atoms with van der Waals surface area (Å²) in [5.41, 5.74) is 5.83. The van der Waals surface area contributed by atoms with E-state index in [4.69, 9.17) is 21.6 Å². The fraction of sp³-hybridized carbons (Fsp3) is 0.778. The lowest BCUT2D eigenvalue weighted by molar-refractivity contribution is -0.0974. The van der Waals surface area contributed by atoms with Crippen LogP contribution in [0.5, 0.6) is 0 Å². The molecule has 2 atom stereocenters. The fourth-order valence-electron chi connectivity index (χ4n) is 1.19. The van der Waals surface area contributed by atoms with Gasteiger partial charge in [0.25, 0.3) is 0 Å². The maximum Gasteiger partial charge on any atom is 0.0960 e. The van der Waals surface area contributed by atoms with Crippen LogP contribution in [0.2, 0.25) is 0 Å². The number of rotatable bonds is 3. The Hall–Kier alpha value is -0.560. The Labute approximate surface area is 73.2 Å². The van der Waals surface area contributed by atoms with Crippen LogP contribution in [-0.2, 0) is 9.47 Å². The van der Waals surface area contributed by atoms with E-state index < -0.39 is 0 Å². The van der Waals surface area contributed by atoms with Gasteiger partial charge in [0.15, 0.2) is 0 Å². The van der Waals surface area contributed by atoms with Crippen molar-refractivity contribution in [3.8, 4) is 12.3 Å². The normalized spacial score (nSPS) is 26.2. The molecule has 1 aliphatic rings. The Kier molecular flexibility index (Phi) is 4.09. The molecule has 0 aromatic carbocycles. The van der Waals surface area contributed by atoms with Crippen molar-refractivity contribution in [1.29, 1.82) is 0 Å². The van der Waals surface area contributed by atoms with Gasteiger partial charge in [0.05, 0.1) is 25.9 Å². The smallest absolute Gasteiger partial charge is 0.0960 e. The van der Waals surface area contributed by atoms with Gasteiger partial charge in [0, 0.05) is 12.5 Å². The number of ether oxygens (including phenoxy) is 2. The minimum absolute atomic E-state index is 0.0151. The van der Waals surface area contributed by atoms with Crippen molar-refractivity contribution in [1.82, 2.24) is 0 Å². The van der Waals surface area contributed by atoms with Gasteiger partial charge in [0.2, 0.25) is 0 Å². The van der Waals surface area contributed by atoms with Crippen LogP contribution in [0, 0.1) is 12.3 Å². The van der Waals surface area contributed by atoms with Gasteiger partial charge < -0.3 is 15.2 Å². The molecule has 0 bridgehead atoms. The molecule has 1 fully saturated rings. The first-order valence-corrected chi connectivity index (χ1v) is 4.23. The van der Waals surface area contributed by atoms with Crippen LogP contribution in [0.1, 0.15) is 12.8 Å². The minimum Gasteiger partial charge on any atom is -0.376 e. The molecule has 1 heterocycles. The highest BCUT2D eigenvalue weighted by atomic mass is 16.6. The van der Waals surface area contributed by atoms with Gasteiger partial charge in [-0.1, -0.05) is 0 Å². The van der Waals surface area contributed by atoms with Gasteiger partial charge in [-0.3, -0.25) is 0 Å². The second-order valence-electron chi connectivity index (χ2n) is 2.89. The Morgan fingerprint density at radius 3 is 3.00 bits per heavy atom. The fourth-order valence-corrected chi connectivity index (χ4v) is 1.19. The van der Waals surface area contributed by atoms with Crippen LogP contribution in [0.25, 0.3) is 0 Å². The molecule has 3 nitrogen and oxygen atoms in total. The summed E-state index contributed by atoms with van der Waals surface area (Å²) in [5, 5.41) is 0. The average Bonchev–Trinajstić information content (AvgIpc) is 2.15. The summed E-state index contributed by atoms with van der Waals surface area (Å²) in [5.74, 6) is 2.56. The Balaban J connectivity index is 2.21. The summed E-state index contributed by atoms with van der Waals surface area (Å²) in [6, 6.07) is 0.0151. The summed E-state index contributed by atoms with van der Waals surface area (Å²) in [6.45, 7) is 1.93. The first-order chi connectivity index (χ1) is 5.84. The van der Waals surface area contributed by atoms with Crippen molar-refractivity contribution in [2.24, 2.45) is 5.73 Å². The van der Waals surface area contributed by atoms with Crippen molar-refractivity contribution >= 4 is 0 Å². The van der Waals surface area contributed by atoms with Crippen LogP contribution >= 0.6 is 0 Å². The lowest BCUT2D eigenvalue weighted by atomic mass is 10.1. The van der Waals surface area contributed by atoms with Gasteiger partial charge in [0.1, 0.15) is 0 Å². The Bertz CT molecular complexity index is 158. The molecule has 2 N–H and O–H groups in total.